The molecular formula is C25H26ClNO5. The summed E-state index contributed by atoms with van der Waals surface area (Å²) in [7, 11) is 0. The van der Waals surface area contributed by atoms with Gasteiger partial charge in [0.15, 0.2) is 6.10 Å². The average Bonchev–Trinajstić information content (AvgIpc) is 2.69. The molecule has 3 rings (SSSR count). The number of carbonyl (C=O) groups excluding carboxylic acids is 1. The summed E-state index contributed by atoms with van der Waals surface area (Å²) >= 11 is 6.10. The zero-order valence-corrected chi connectivity index (χ0v) is 19.5. The number of esters is 1. The number of carbonyl (C=O) groups is 2. The number of nitrogens with zero attached hydrogens (tertiary/aromatic N) is 1. The molecule has 7 heteroatoms. The van der Waals surface area contributed by atoms with E-state index in [1.54, 1.807) is 18.2 Å². The Kier molecular flexibility index (Phi) is 6.86. The zero-order chi connectivity index (χ0) is 23.6. The van der Waals surface area contributed by atoms with Gasteiger partial charge in [0.2, 0.25) is 0 Å². The van der Waals surface area contributed by atoms with Crippen LogP contribution in [0.15, 0.2) is 42.5 Å². The zero-order valence-electron chi connectivity index (χ0n) is 18.7. The summed E-state index contributed by atoms with van der Waals surface area (Å²) < 4.78 is 11.1. The minimum absolute atomic E-state index is 0.0627. The summed E-state index contributed by atoms with van der Waals surface area (Å²) in [5.41, 5.74) is 3.42. The fourth-order valence-corrected chi connectivity index (χ4v) is 3.70. The second-order valence-electron chi connectivity index (χ2n) is 8.59. The van der Waals surface area contributed by atoms with E-state index in [4.69, 9.17) is 21.1 Å². The highest BCUT2D eigenvalue weighted by molar-refractivity contribution is 6.30. The van der Waals surface area contributed by atoms with Gasteiger partial charge in [-0.05, 0) is 68.7 Å². The van der Waals surface area contributed by atoms with Crippen LogP contribution in [0.5, 0.6) is 0 Å². The van der Waals surface area contributed by atoms with E-state index in [-0.39, 0.29) is 12.6 Å². The number of carboxylic acids is 1. The van der Waals surface area contributed by atoms with Crippen molar-refractivity contribution < 1.29 is 24.2 Å². The minimum atomic E-state index is -1.18. The fraction of sp³-hybridized carbons (Fsp3) is 0.320. The Morgan fingerprint density at radius 2 is 1.78 bits per heavy atom. The highest BCUT2D eigenvalue weighted by Gasteiger charge is 2.31. The lowest BCUT2D eigenvalue weighted by atomic mass is 9.88. The second kappa shape index (κ2) is 9.27. The van der Waals surface area contributed by atoms with Crippen molar-refractivity contribution in [3.63, 3.8) is 0 Å². The van der Waals surface area contributed by atoms with Gasteiger partial charge in [-0.2, -0.15) is 0 Å². The van der Waals surface area contributed by atoms with E-state index in [1.807, 2.05) is 52.0 Å². The number of fused-ring (bicyclic) bond motifs is 1. The number of hydrogen-bond donors (Lipinski definition) is 1. The van der Waals surface area contributed by atoms with Gasteiger partial charge in [-0.3, -0.25) is 4.79 Å². The van der Waals surface area contributed by atoms with Crippen LogP contribution in [0.25, 0.3) is 22.0 Å². The molecule has 1 heterocycles. The molecule has 0 fully saturated rings. The van der Waals surface area contributed by atoms with Crippen molar-refractivity contribution in [2.45, 2.75) is 52.9 Å². The molecule has 6 nitrogen and oxygen atoms in total. The summed E-state index contributed by atoms with van der Waals surface area (Å²) in [6.07, 6.45) is -1.18. The smallest absolute Gasteiger partial charge is 0.337 e. The minimum Gasteiger partial charge on any atom is -0.479 e. The largest absolute Gasteiger partial charge is 0.479 e. The molecule has 0 amide bonds. The van der Waals surface area contributed by atoms with E-state index in [2.05, 4.69) is 4.98 Å². The van der Waals surface area contributed by atoms with Gasteiger partial charge in [-0.25, -0.2) is 9.78 Å². The molecule has 1 N–H and O–H groups in total. The van der Waals surface area contributed by atoms with Gasteiger partial charge in [-0.15, -0.1) is 0 Å². The Labute approximate surface area is 192 Å². The molecule has 0 bridgehead atoms. The van der Waals surface area contributed by atoms with Crippen molar-refractivity contribution in [1.82, 2.24) is 4.98 Å². The maximum Gasteiger partial charge on any atom is 0.337 e. The molecule has 3 aromatic rings. The number of pyridine rings is 1. The first-order chi connectivity index (χ1) is 15.0. The van der Waals surface area contributed by atoms with E-state index in [1.165, 1.54) is 6.92 Å². The summed E-state index contributed by atoms with van der Waals surface area (Å²) in [5, 5.41) is 11.4. The van der Waals surface area contributed by atoms with Crippen LogP contribution >= 0.6 is 11.6 Å². The van der Waals surface area contributed by atoms with Gasteiger partial charge in [0.25, 0.3) is 0 Å². The first-order valence-corrected chi connectivity index (χ1v) is 10.6. The number of aryl methyl sites for hydroxylation is 1. The molecular weight excluding hydrogens is 430 g/mol. The van der Waals surface area contributed by atoms with Crippen molar-refractivity contribution in [3.05, 3.63) is 64.3 Å². The molecule has 0 aliphatic carbocycles. The highest BCUT2D eigenvalue weighted by atomic mass is 35.5. The number of aliphatic carboxylic acids is 1. The van der Waals surface area contributed by atoms with E-state index in [0.717, 1.165) is 22.1 Å². The molecule has 32 heavy (non-hydrogen) atoms. The van der Waals surface area contributed by atoms with Crippen molar-refractivity contribution >= 4 is 34.4 Å². The predicted molar refractivity (Wildman–Crippen MR) is 124 cm³/mol. The molecule has 0 saturated heterocycles. The number of aromatic nitrogens is 1. The van der Waals surface area contributed by atoms with Crippen LogP contribution in [0.2, 0.25) is 5.02 Å². The molecule has 1 aromatic heterocycles. The Hall–Kier alpha value is -2.96. The quantitative estimate of drug-likeness (QED) is 0.468. The third kappa shape index (κ3) is 5.44. The van der Waals surface area contributed by atoms with Crippen LogP contribution in [-0.2, 0) is 25.7 Å². The van der Waals surface area contributed by atoms with Crippen LogP contribution in [0.4, 0.5) is 0 Å². The predicted octanol–water partition coefficient (Wildman–Crippen LogP) is 5.87. The van der Waals surface area contributed by atoms with Crippen molar-refractivity contribution in [2.24, 2.45) is 0 Å². The third-order valence-corrected chi connectivity index (χ3v) is 5.07. The van der Waals surface area contributed by atoms with E-state index in [0.29, 0.717) is 21.8 Å². The lowest BCUT2D eigenvalue weighted by Crippen LogP contribution is -2.28. The number of hydrogen-bond acceptors (Lipinski definition) is 5. The summed E-state index contributed by atoms with van der Waals surface area (Å²) in [4.78, 5) is 28.1. The van der Waals surface area contributed by atoms with Crippen molar-refractivity contribution in [1.29, 1.82) is 0 Å². The first kappa shape index (κ1) is 23.7. The Morgan fingerprint density at radius 1 is 1.12 bits per heavy atom. The lowest BCUT2D eigenvalue weighted by molar-refractivity contribution is -0.160. The molecule has 0 aliphatic rings. The Bertz CT molecular complexity index is 1170. The van der Waals surface area contributed by atoms with Gasteiger partial charge >= 0.3 is 11.9 Å². The molecule has 1 unspecified atom stereocenters. The lowest BCUT2D eigenvalue weighted by Gasteiger charge is -2.28. The molecule has 0 radical (unpaired) electrons. The maximum atomic E-state index is 12.3. The summed E-state index contributed by atoms with van der Waals surface area (Å²) in [5.74, 6) is -1.46. The van der Waals surface area contributed by atoms with E-state index < -0.39 is 17.7 Å². The van der Waals surface area contributed by atoms with Gasteiger partial charge in [-0.1, -0.05) is 29.8 Å². The topological polar surface area (TPSA) is 85.7 Å². The maximum absolute atomic E-state index is 12.3. The summed E-state index contributed by atoms with van der Waals surface area (Å²) in [6, 6.07) is 12.7. The van der Waals surface area contributed by atoms with Gasteiger partial charge in [0.05, 0.1) is 16.8 Å². The van der Waals surface area contributed by atoms with E-state index >= 15 is 0 Å². The number of ether oxygens (including phenoxy) is 2. The number of carboxylic acid groups (broad SMARTS) is 1. The average molecular weight is 456 g/mol. The molecule has 2 aromatic carbocycles. The second-order valence-corrected chi connectivity index (χ2v) is 9.02. The van der Waals surface area contributed by atoms with Gasteiger partial charge in [0, 0.05) is 22.9 Å². The molecule has 168 valence electrons. The van der Waals surface area contributed by atoms with Gasteiger partial charge < -0.3 is 14.6 Å². The van der Waals surface area contributed by atoms with Crippen LogP contribution in [0.3, 0.4) is 0 Å². The van der Waals surface area contributed by atoms with Crippen LogP contribution in [0.1, 0.15) is 50.6 Å². The Balaban J connectivity index is 2.30. The normalized spacial score (nSPS) is 12.6. The number of halogens is 1. The monoisotopic (exact) mass is 455 g/mol. The summed E-state index contributed by atoms with van der Waals surface area (Å²) in [6.45, 7) is 8.72. The van der Waals surface area contributed by atoms with Crippen LogP contribution in [0, 0.1) is 6.92 Å². The van der Waals surface area contributed by atoms with Crippen LogP contribution < -0.4 is 0 Å². The van der Waals surface area contributed by atoms with Crippen molar-refractivity contribution in [2.75, 3.05) is 0 Å². The molecule has 1 atom stereocenters. The highest BCUT2D eigenvalue weighted by Crippen LogP contribution is 2.40. The first-order valence-electron chi connectivity index (χ1n) is 10.2. The number of rotatable bonds is 6. The van der Waals surface area contributed by atoms with Gasteiger partial charge in [0.1, 0.15) is 6.61 Å². The Morgan fingerprint density at radius 3 is 2.34 bits per heavy atom. The van der Waals surface area contributed by atoms with E-state index in [9.17, 15) is 14.7 Å². The molecule has 0 aliphatic heterocycles. The molecule has 0 saturated carbocycles. The van der Waals surface area contributed by atoms with Crippen molar-refractivity contribution in [3.8, 4) is 11.1 Å². The molecule has 0 spiro atoms. The standard InChI is InChI=1S/C25H26ClNO5/c1-14-12-20-19(11-10-18(27-20)13-31-15(2)28)22(16-6-8-17(26)9-7-16)21(14)23(24(29)30)32-25(3,4)5/h6-12,23H,13H2,1-5H3,(H,29,30). The number of benzene rings is 2. The third-order valence-electron chi connectivity index (χ3n) is 4.81. The SMILES string of the molecule is CC(=O)OCc1ccc2c(-c3ccc(Cl)cc3)c(C(OC(C)(C)C)C(=O)O)c(C)cc2n1. The fourth-order valence-electron chi connectivity index (χ4n) is 3.57. The van der Waals surface area contributed by atoms with Crippen LogP contribution in [-0.4, -0.2) is 27.6 Å².